The molecule has 0 bridgehead atoms. The van der Waals surface area contributed by atoms with E-state index in [4.69, 9.17) is 4.74 Å². The molecule has 9 heteroatoms. The second-order valence-electron chi connectivity index (χ2n) is 6.97. The number of hydrogen-bond donors (Lipinski definition) is 0. The number of ether oxygens (including phenoxy) is 1. The van der Waals surface area contributed by atoms with Crippen molar-refractivity contribution in [2.75, 3.05) is 33.2 Å². The number of aryl methyl sites for hydroxylation is 2. The second kappa shape index (κ2) is 7.86. The first-order valence-electron chi connectivity index (χ1n) is 8.91. The predicted octanol–water partition coefficient (Wildman–Crippen LogP) is 2.94. The molecular weight excluding hydrogens is 382 g/mol. The fourth-order valence-electron chi connectivity index (χ4n) is 3.00. The van der Waals surface area contributed by atoms with Gasteiger partial charge in [0.25, 0.3) is 0 Å². The van der Waals surface area contributed by atoms with E-state index in [9.17, 15) is 18.5 Å². The number of benzene rings is 2. The van der Waals surface area contributed by atoms with Crippen LogP contribution in [0.3, 0.4) is 0 Å². The van der Waals surface area contributed by atoms with Crippen molar-refractivity contribution < 1.29 is 18.1 Å². The van der Waals surface area contributed by atoms with E-state index in [0.717, 1.165) is 17.2 Å². The van der Waals surface area contributed by atoms with Crippen molar-refractivity contribution in [2.24, 2.45) is 0 Å². The summed E-state index contributed by atoms with van der Waals surface area (Å²) in [5.41, 5.74) is 1.41. The van der Waals surface area contributed by atoms with Crippen molar-refractivity contribution in [1.29, 1.82) is 0 Å². The van der Waals surface area contributed by atoms with E-state index < -0.39 is 14.9 Å². The van der Waals surface area contributed by atoms with E-state index in [0.29, 0.717) is 31.9 Å². The van der Waals surface area contributed by atoms with Gasteiger partial charge in [-0.15, -0.1) is 0 Å². The average Bonchev–Trinajstić information content (AvgIpc) is 2.65. The molecule has 1 fully saturated rings. The number of nitrogens with zero attached hydrogens (tertiary/aromatic N) is 3. The fourth-order valence-corrected chi connectivity index (χ4v) is 4.44. The van der Waals surface area contributed by atoms with Crippen LogP contribution in [0.1, 0.15) is 11.1 Å². The zero-order valence-corrected chi connectivity index (χ0v) is 16.9. The molecule has 0 amide bonds. The summed E-state index contributed by atoms with van der Waals surface area (Å²) in [6.45, 7) is 5.68. The standard InChI is InChI=1S/C19H23N3O5S/c1-14-4-5-15(2)19(12-14)27-18-7-6-16(13-17(18)22(23)24)28(25,26)21-10-8-20(3)9-11-21/h4-7,12-13H,8-11H2,1-3H3. The van der Waals surface area contributed by atoms with Crippen LogP contribution in [0.25, 0.3) is 0 Å². The molecule has 0 saturated carbocycles. The highest BCUT2D eigenvalue weighted by Crippen LogP contribution is 2.35. The monoisotopic (exact) mass is 405 g/mol. The molecule has 1 heterocycles. The Hall–Kier alpha value is -2.49. The minimum Gasteiger partial charge on any atom is -0.450 e. The predicted molar refractivity (Wildman–Crippen MR) is 105 cm³/mol. The number of piperazine rings is 1. The van der Waals surface area contributed by atoms with Crippen LogP contribution in [0.2, 0.25) is 0 Å². The molecule has 1 saturated heterocycles. The Morgan fingerprint density at radius 1 is 1.00 bits per heavy atom. The van der Waals surface area contributed by atoms with E-state index in [1.807, 2.05) is 37.9 Å². The van der Waals surface area contributed by atoms with Gasteiger partial charge >= 0.3 is 5.69 Å². The lowest BCUT2D eigenvalue weighted by Gasteiger charge is -2.31. The lowest BCUT2D eigenvalue weighted by Crippen LogP contribution is -2.47. The first kappa shape index (κ1) is 20.2. The molecule has 0 radical (unpaired) electrons. The minimum absolute atomic E-state index is 0.0102. The van der Waals surface area contributed by atoms with Crippen molar-refractivity contribution in [3.05, 3.63) is 57.6 Å². The molecule has 2 aromatic rings. The molecular formula is C19H23N3O5S. The highest BCUT2D eigenvalue weighted by molar-refractivity contribution is 7.89. The topological polar surface area (TPSA) is 93.0 Å². The van der Waals surface area contributed by atoms with E-state index in [-0.39, 0.29) is 16.3 Å². The Morgan fingerprint density at radius 3 is 2.32 bits per heavy atom. The molecule has 0 spiro atoms. The highest BCUT2D eigenvalue weighted by atomic mass is 32.2. The Morgan fingerprint density at radius 2 is 1.68 bits per heavy atom. The summed E-state index contributed by atoms with van der Waals surface area (Å²) in [5.74, 6) is 0.508. The molecule has 1 aliphatic heterocycles. The van der Waals surface area contributed by atoms with Crippen molar-refractivity contribution in [3.8, 4) is 11.5 Å². The Kier molecular flexibility index (Phi) is 5.69. The van der Waals surface area contributed by atoms with Gasteiger partial charge in [0.15, 0.2) is 0 Å². The maximum Gasteiger partial charge on any atom is 0.312 e. The Balaban J connectivity index is 1.95. The summed E-state index contributed by atoms with van der Waals surface area (Å²) in [5, 5.41) is 11.6. The maximum atomic E-state index is 12.9. The zero-order chi connectivity index (χ0) is 20.5. The van der Waals surface area contributed by atoms with Gasteiger partial charge in [0.05, 0.1) is 9.82 Å². The van der Waals surface area contributed by atoms with Crippen LogP contribution in [0.5, 0.6) is 11.5 Å². The number of rotatable bonds is 5. The van der Waals surface area contributed by atoms with Gasteiger partial charge in [0.1, 0.15) is 5.75 Å². The van der Waals surface area contributed by atoms with Crippen LogP contribution in [0.4, 0.5) is 5.69 Å². The van der Waals surface area contributed by atoms with Gasteiger partial charge in [-0.2, -0.15) is 4.31 Å². The summed E-state index contributed by atoms with van der Waals surface area (Å²) >= 11 is 0. The average molecular weight is 405 g/mol. The van der Waals surface area contributed by atoms with Crippen LogP contribution in [-0.2, 0) is 10.0 Å². The van der Waals surface area contributed by atoms with Crippen LogP contribution < -0.4 is 4.74 Å². The summed E-state index contributed by atoms with van der Waals surface area (Å²) in [4.78, 5) is 12.9. The fraction of sp³-hybridized carbons (Fsp3) is 0.368. The molecule has 1 aliphatic rings. The van der Waals surface area contributed by atoms with Gasteiger partial charge in [-0.25, -0.2) is 8.42 Å². The molecule has 2 aromatic carbocycles. The molecule has 0 N–H and O–H groups in total. The van der Waals surface area contributed by atoms with Crippen molar-refractivity contribution >= 4 is 15.7 Å². The van der Waals surface area contributed by atoms with Gasteiger partial charge in [-0.3, -0.25) is 10.1 Å². The summed E-state index contributed by atoms with van der Waals surface area (Å²) in [6.07, 6.45) is 0. The minimum atomic E-state index is -3.80. The number of nitro groups is 1. The number of sulfonamides is 1. The molecule has 0 atom stereocenters. The van der Waals surface area contributed by atoms with Gasteiger partial charge in [0, 0.05) is 32.2 Å². The highest BCUT2D eigenvalue weighted by Gasteiger charge is 2.30. The molecule has 0 aromatic heterocycles. The van der Waals surface area contributed by atoms with Crippen molar-refractivity contribution in [3.63, 3.8) is 0 Å². The molecule has 8 nitrogen and oxygen atoms in total. The Bertz CT molecular complexity index is 999. The smallest absolute Gasteiger partial charge is 0.312 e. The number of likely N-dealkylation sites (N-methyl/N-ethyl adjacent to an activating group) is 1. The molecule has 3 rings (SSSR count). The second-order valence-corrected chi connectivity index (χ2v) is 8.90. The summed E-state index contributed by atoms with van der Waals surface area (Å²) in [7, 11) is -1.87. The van der Waals surface area contributed by atoms with E-state index in [2.05, 4.69) is 0 Å². The third kappa shape index (κ3) is 4.16. The molecule has 0 aliphatic carbocycles. The summed E-state index contributed by atoms with van der Waals surface area (Å²) in [6, 6.07) is 9.36. The molecule has 150 valence electrons. The number of hydrogen-bond acceptors (Lipinski definition) is 6. The van der Waals surface area contributed by atoms with Gasteiger partial charge in [0.2, 0.25) is 15.8 Å². The van der Waals surface area contributed by atoms with Gasteiger partial charge in [-0.1, -0.05) is 12.1 Å². The SMILES string of the molecule is Cc1ccc(C)c(Oc2ccc(S(=O)(=O)N3CCN(C)CC3)cc2[N+](=O)[O-])c1. The van der Waals surface area contributed by atoms with E-state index in [1.165, 1.54) is 16.4 Å². The normalized spacial score (nSPS) is 16.1. The number of nitro benzene ring substituents is 1. The van der Waals surface area contributed by atoms with E-state index in [1.54, 1.807) is 6.07 Å². The third-order valence-electron chi connectivity index (χ3n) is 4.79. The van der Waals surface area contributed by atoms with Crippen LogP contribution >= 0.6 is 0 Å². The maximum absolute atomic E-state index is 12.9. The molecule has 28 heavy (non-hydrogen) atoms. The van der Waals surface area contributed by atoms with Crippen molar-refractivity contribution in [2.45, 2.75) is 18.7 Å². The van der Waals surface area contributed by atoms with Crippen LogP contribution in [0, 0.1) is 24.0 Å². The quantitative estimate of drug-likeness (QED) is 0.561. The lowest BCUT2D eigenvalue weighted by molar-refractivity contribution is -0.385. The lowest BCUT2D eigenvalue weighted by atomic mass is 10.1. The van der Waals surface area contributed by atoms with Gasteiger partial charge in [-0.05, 0) is 50.2 Å². The van der Waals surface area contributed by atoms with Crippen molar-refractivity contribution in [1.82, 2.24) is 9.21 Å². The van der Waals surface area contributed by atoms with Crippen LogP contribution in [-0.4, -0.2) is 55.8 Å². The van der Waals surface area contributed by atoms with Gasteiger partial charge < -0.3 is 9.64 Å². The first-order valence-corrected chi connectivity index (χ1v) is 10.3. The Labute approximate surface area is 164 Å². The molecule has 0 unspecified atom stereocenters. The zero-order valence-electron chi connectivity index (χ0n) is 16.1. The third-order valence-corrected chi connectivity index (χ3v) is 6.69. The first-order chi connectivity index (χ1) is 13.2. The largest absolute Gasteiger partial charge is 0.450 e. The van der Waals surface area contributed by atoms with E-state index >= 15 is 0 Å². The van der Waals surface area contributed by atoms with Crippen LogP contribution in [0.15, 0.2) is 41.3 Å². The summed E-state index contributed by atoms with van der Waals surface area (Å²) < 4.78 is 32.9.